The first-order chi connectivity index (χ1) is 14.2. The maximum absolute atomic E-state index is 12.1. The maximum Gasteiger partial charge on any atom is 0.327 e. The summed E-state index contributed by atoms with van der Waals surface area (Å²) in [4.78, 5) is 24.1. The number of urea groups is 2. The van der Waals surface area contributed by atoms with Gasteiger partial charge in [-0.3, -0.25) is 4.31 Å². The molecule has 12 heteroatoms. The first-order valence-corrected chi connectivity index (χ1v) is 10.7. The number of hydrogen-bond donors (Lipinski definition) is 9. The van der Waals surface area contributed by atoms with Crippen molar-refractivity contribution in [1.82, 2.24) is 20.3 Å². The van der Waals surface area contributed by atoms with Gasteiger partial charge in [0.15, 0.2) is 0 Å². The number of carbonyl (C=O) groups excluding carboxylic acids is 2. The Labute approximate surface area is 182 Å². The van der Waals surface area contributed by atoms with Crippen LogP contribution in [-0.4, -0.2) is 98.1 Å². The van der Waals surface area contributed by atoms with E-state index in [0.29, 0.717) is 32.2 Å². The summed E-state index contributed by atoms with van der Waals surface area (Å²) in [6.45, 7) is 1.51. The molecule has 0 aromatic carbocycles. The van der Waals surface area contributed by atoms with Gasteiger partial charge in [0.25, 0.3) is 0 Å². The second-order valence-corrected chi connectivity index (χ2v) is 8.11. The van der Waals surface area contributed by atoms with E-state index in [1.165, 1.54) is 4.31 Å². The first kappa shape index (κ1) is 26.7. The predicted molar refractivity (Wildman–Crippen MR) is 113 cm³/mol. The summed E-state index contributed by atoms with van der Waals surface area (Å²) in [5.74, 6) is 0. The van der Waals surface area contributed by atoms with Crippen LogP contribution in [0.3, 0.4) is 0 Å². The van der Waals surface area contributed by atoms with Gasteiger partial charge in [-0.25, -0.2) is 9.59 Å². The van der Waals surface area contributed by atoms with Crippen LogP contribution in [0.2, 0.25) is 0 Å². The lowest BCUT2D eigenvalue weighted by Crippen LogP contribution is -2.52. The largest absolute Gasteiger partial charge is 0.394 e. The van der Waals surface area contributed by atoms with Gasteiger partial charge < -0.3 is 41.5 Å². The number of aliphatic hydroxyl groups excluding tert-OH is 5. The minimum atomic E-state index is -1.74. The minimum absolute atomic E-state index is 0.0197. The SMILES string of the molecule is CCCCN(S)C(=O)NC1CCC(NC(=O)NC[C@H](O)[C@@H](O)[C@H](O)[C@H](O)CO)CC1. The van der Waals surface area contributed by atoms with E-state index in [4.69, 9.17) is 5.11 Å². The molecule has 176 valence electrons. The van der Waals surface area contributed by atoms with Crippen LogP contribution in [0.4, 0.5) is 9.59 Å². The van der Waals surface area contributed by atoms with Gasteiger partial charge in [-0.15, -0.1) is 0 Å². The smallest absolute Gasteiger partial charge is 0.327 e. The summed E-state index contributed by atoms with van der Waals surface area (Å²) < 4.78 is 1.37. The maximum atomic E-state index is 12.1. The third-order valence-corrected chi connectivity index (χ3v) is 5.53. The van der Waals surface area contributed by atoms with Gasteiger partial charge in [-0.2, -0.15) is 0 Å². The van der Waals surface area contributed by atoms with Gasteiger partial charge in [0.05, 0.1) is 12.7 Å². The van der Waals surface area contributed by atoms with E-state index in [0.717, 1.165) is 12.8 Å². The Kier molecular flexibility index (Phi) is 12.4. The fourth-order valence-electron chi connectivity index (χ4n) is 3.16. The van der Waals surface area contributed by atoms with E-state index in [9.17, 15) is 30.0 Å². The van der Waals surface area contributed by atoms with Crippen LogP contribution in [0.25, 0.3) is 0 Å². The van der Waals surface area contributed by atoms with Gasteiger partial charge in [0.1, 0.15) is 18.3 Å². The molecule has 0 unspecified atom stereocenters. The van der Waals surface area contributed by atoms with Crippen molar-refractivity contribution in [2.45, 2.75) is 81.9 Å². The highest BCUT2D eigenvalue weighted by atomic mass is 32.1. The summed E-state index contributed by atoms with van der Waals surface area (Å²) in [5.41, 5.74) is 0. The number of aliphatic hydroxyl groups is 5. The van der Waals surface area contributed by atoms with E-state index in [1.54, 1.807) is 0 Å². The van der Waals surface area contributed by atoms with Crippen molar-refractivity contribution < 1.29 is 35.1 Å². The normalized spacial score (nSPS) is 23.0. The molecule has 0 aromatic rings. The lowest BCUT2D eigenvalue weighted by atomic mass is 9.91. The fourth-order valence-corrected chi connectivity index (χ4v) is 3.36. The van der Waals surface area contributed by atoms with Crippen LogP contribution in [0.1, 0.15) is 45.4 Å². The monoisotopic (exact) mass is 452 g/mol. The average molecular weight is 453 g/mol. The van der Waals surface area contributed by atoms with Gasteiger partial charge in [0.2, 0.25) is 0 Å². The molecule has 1 rings (SSSR count). The summed E-state index contributed by atoms with van der Waals surface area (Å²) in [6, 6.07) is -0.825. The van der Waals surface area contributed by atoms with E-state index < -0.39 is 37.1 Å². The molecule has 1 aliphatic carbocycles. The number of nitrogens with zero attached hydrogens (tertiary/aromatic N) is 1. The molecule has 0 aliphatic heterocycles. The van der Waals surface area contributed by atoms with E-state index in [2.05, 4.69) is 28.8 Å². The summed E-state index contributed by atoms with van der Waals surface area (Å²) >= 11 is 4.18. The highest BCUT2D eigenvalue weighted by Crippen LogP contribution is 2.19. The molecule has 0 saturated heterocycles. The first-order valence-electron chi connectivity index (χ1n) is 10.3. The van der Waals surface area contributed by atoms with Gasteiger partial charge in [-0.05, 0) is 32.1 Å². The molecule has 0 heterocycles. The van der Waals surface area contributed by atoms with Crippen LogP contribution >= 0.6 is 12.8 Å². The zero-order valence-corrected chi connectivity index (χ0v) is 18.2. The van der Waals surface area contributed by atoms with Crippen molar-refractivity contribution in [2.24, 2.45) is 0 Å². The number of amides is 4. The number of rotatable bonds is 11. The second-order valence-electron chi connectivity index (χ2n) is 7.63. The molecular formula is C18H36N4O7S. The Morgan fingerprint density at radius 1 is 1.00 bits per heavy atom. The second kappa shape index (κ2) is 13.9. The van der Waals surface area contributed by atoms with Crippen LogP contribution < -0.4 is 16.0 Å². The molecule has 0 aromatic heterocycles. The molecule has 4 amide bonds. The average Bonchev–Trinajstić information content (AvgIpc) is 2.75. The number of thiol groups is 1. The molecule has 1 saturated carbocycles. The van der Waals surface area contributed by atoms with Crippen LogP contribution in [0.5, 0.6) is 0 Å². The lowest BCUT2D eigenvalue weighted by molar-refractivity contribution is -0.113. The Hall–Kier alpha value is -1.31. The molecule has 0 bridgehead atoms. The van der Waals surface area contributed by atoms with Crippen molar-refractivity contribution in [3.63, 3.8) is 0 Å². The Balaban J connectivity index is 2.28. The zero-order valence-electron chi connectivity index (χ0n) is 17.3. The molecular weight excluding hydrogens is 416 g/mol. The van der Waals surface area contributed by atoms with E-state index in [-0.39, 0.29) is 24.7 Å². The molecule has 1 aliphatic rings. The molecule has 0 radical (unpaired) electrons. The zero-order chi connectivity index (χ0) is 22.7. The molecule has 11 nitrogen and oxygen atoms in total. The minimum Gasteiger partial charge on any atom is -0.394 e. The molecule has 8 N–H and O–H groups in total. The van der Waals surface area contributed by atoms with Crippen molar-refractivity contribution in [2.75, 3.05) is 19.7 Å². The number of hydrogen-bond acceptors (Lipinski definition) is 8. The number of carbonyl (C=O) groups is 2. The quantitative estimate of drug-likeness (QED) is 0.175. The van der Waals surface area contributed by atoms with Crippen LogP contribution in [-0.2, 0) is 0 Å². The van der Waals surface area contributed by atoms with Gasteiger partial charge in [-0.1, -0.05) is 26.2 Å². The fraction of sp³-hybridized carbons (Fsp3) is 0.889. The van der Waals surface area contributed by atoms with Crippen molar-refractivity contribution >= 4 is 24.9 Å². The standard InChI is InChI=1S/C18H36N4O7S/c1-2-3-8-22(30)18(29)21-12-6-4-11(5-7-12)20-17(28)19-9-13(24)15(26)16(27)14(25)10-23/h11-16,23-27,30H,2-10H2,1H3,(H,21,29)(H2,19,20,28)/t11?,12?,13-,14+,15+,16+/m0/s1. The van der Waals surface area contributed by atoms with E-state index in [1.807, 2.05) is 6.92 Å². The topological polar surface area (TPSA) is 175 Å². The summed E-state index contributed by atoms with van der Waals surface area (Å²) in [5, 5.41) is 55.2. The van der Waals surface area contributed by atoms with Crippen molar-refractivity contribution in [3.05, 3.63) is 0 Å². The predicted octanol–water partition coefficient (Wildman–Crippen LogP) is -1.31. The van der Waals surface area contributed by atoms with Crippen LogP contribution in [0.15, 0.2) is 0 Å². The molecule has 30 heavy (non-hydrogen) atoms. The third kappa shape index (κ3) is 9.23. The van der Waals surface area contributed by atoms with E-state index >= 15 is 0 Å². The molecule has 4 atom stereocenters. The van der Waals surface area contributed by atoms with Crippen molar-refractivity contribution in [1.29, 1.82) is 0 Å². The van der Waals surface area contributed by atoms with Crippen molar-refractivity contribution in [3.8, 4) is 0 Å². The van der Waals surface area contributed by atoms with Gasteiger partial charge >= 0.3 is 12.1 Å². The van der Waals surface area contributed by atoms with Crippen LogP contribution in [0, 0.1) is 0 Å². The Morgan fingerprint density at radius 2 is 1.53 bits per heavy atom. The number of nitrogens with one attached hydrogen (secondary N) is 3. The number of unbranched alkanes of at least 4 members (excludes halogenated alkanes) is 1. The summed E-state index contributed by atoms with van der Waals surface area (Å²) in [6.07, 6.45) is -1.96. The lowest BCUT2D eigenvalue weighted by Gasteiger charge is -2.31. The van der Waals surface area contributed by atoms with Gasteiger partial charge in [0, 0.05) is 25.2 Å². The highest BCUT2D eigenvalue weighted by Gasteiger charge is 2.30. The molecule has 0 spiro atoms. The Bertz CT molecular complexity index is 523. The molecule has 1 fully saturated rings. The third-order valence-electron chi connectivity index (χ3n) is 5.15. The summed E-state index contributed by atoms with van der Waals surface area (Å²) in [7, 11) is 0. The highest BCUT2D eigenvalue weighted by molar-refractivity contribution is 7.78. The Morgan fingerprint density at radius 3 is 2.07 bits per heavy atom.